The van der Waals surface area contributed by atoms with Gasteiger partial charge in [-0.1, -0.05) is 25.5 Å². The highest BCUT2D eigenvalue weighted by Gasteiger charge is 2.29. The van der Waals surface area contributed by atoms with Gasteiger partial charge >= 0.3 is 12.0 Å². The first-order chi connectivity index (χ1) is 16.5. The van der Waals surface area contributed by atoms with Gasteiger partial charge in [0, 0.05) is 24.3 Å². The number of aromatic nitrogens is 3. The van der Waals surface area contributed by atoms with Crippen LogP contribution < -0.4 is 11.1 Å². The minimum atomic E-state index is -0.266. The summed E-state index contributed by atoms with van der Waals surface area (Å²) < 4.78 is 5.12. The Hall–Kier alpha value is -3.75. The Kier molecular flexibility index (Phi) is 7.20. The largest absolute Gasteiger partial charge is 0.466 e. The van der Waals surface area contributed by atoms with Crippen molar-refractivity contribution in [3.63, 3.8) is 0 Å². The average molecular weight is 463 g/mol. The van der Waals surface area contributed by atoms with Gasteiger partial charge in [-0.15, -0.1) is 0 Å². The van der Waals surface area contributed by atoms with Crippen molar-refractivity contribution in [1.29, 1.82) is 0 Å². The quantitative estimate of drug-likeness (QED) is 0.530. The maximum atomic E-state index is 12.7. The Morgan fingerprint density at radius 2 is 1.91 bits per heavy atom. The average Bonchev–Trinajstić information content (AvgIpc) is 2.84. The zero-order valence-corrected chi connectivity index (χ0v) is 19.6. The number of hydrogen-bond acceptors (Lipinski definition) is 7. The second-order valence-electron chi connectivity index (χ2n) is 8.39. The first-order valence-electron chi connectivity index (χ1n) is 11.7. The summed E-state index contributed by atoms with van der Waals surface area (Å²) in [6.07, 6.45) is 3.23. The second-order valence-corrected chi connectivity index (χ2v) is 8.39. The second kappa shape index (κ2) is 10.5. The minimum Gasteiger partial charge on any atom is -0.466 e. The van der Waals surface area contributed by atoms with E-state index in [0.717, 1.165) is 53.7 Å². The number of hydrogen-bond donors (Lipinski definition) is 2. The monoisotopic (exact) mass is 462 g/mol. The minimum absolute atomic E-state index is 0.218. The molecular formula is C25H30N6O3. The molecule has 0 bridgehead atoms. The number of nitrogens with two attached hydrogens (primary N) is 1. The number of nitrogen functional groups attached to an aromatic ring is 1. The number of piperidine rings is 1. The highest BCUT2D eigenvalue weighted by atomic mass is 16.5. The number of rotatable bonds is 6. The number of fused-ring (bicyclic) bond motifs is 1. The van der Waals surface area contributed by atoms with Crippen molar-refractivity contribution in [2.75, 3.05) is 30.7 Å². The summed E-state index contributed by atoms with van der Waals surface area (Å²) in [5.74, 6) is -0.243. The third-order valence-electron chi connectivity index (χ3n) is 5.88. The Balaban J connectivity index is 1.46. The number of aryl methyl sites for hydroxylation is 1. The maximum Gasteiger partial charge on any atom is 0.321 e. The van der Waals surface area contributed by atoms with E-state index in [4.69, 9.17) is 15.5 Å². The molecule has 3 aromatic rings. The summed E-state index contributed by atoms with van der Waals surface area (Å²) in [5, 5.41) is 2.92. The molecule has 9 nitrogen and oxygen atoms in total. The number of urea groups is 1. The van der Waals surface area contributed by atoms with Crippen molar-refractivity contribution in [3.05, 3.63) is 42.1 Å². The molecule has 1 aliphatic rings. The van der Waals surface area contributed by atoms with E-state index in [1.54, 1.807) is 11.8 Å². The smallest absolute Gasteiger partial charge is 0.321 e. The first kappa shape index (κ1) is 23.4. The number of benzene rings is 1. The van der Waals surface area contributed by atoms with Gasteiger partial charge in [0.25, 0.3) is 0 Å². The lowest BCUT2D eigenvalue weighted by Crippen LogP contribution is -2.44. The van der Waals surface area contributed by atoms with E-state index in [1.165, 1.54) is 0 Å². The molecule has 2 aromatic heterocycles. The van der Waals surface area contributed by atoms with Gasteiger partial charge in [-0.05, 0) is 50.5 Å². The molecule has 3 N–H and O–H groups in total. The van der Waals surface area contributed by atoms with Crippen molar-refractivity contribution in [2.45, 2.75) is 39.5 Å². The molecule has 1 saturated heterocycles. The summed E-state index contributed by atoms with van der Waals surface area (Å²) >= 11 is 0. The van der Waals surface area contributed by atoms with Crippen LogP contribution in [0.4, 0.5) is 16.4 Å². The summed E-state index contributed by atoms with van der Waals surface area (Å²) in [6.45, 7) is 5.21. The predicted octanol–water partition coefficient (Wildman–Crippen LogP) is 4.03. The van der Waals surface area contributed by atoms with Crippen LogP contribution in [0.2, 0.25) is 0 Å². The van der Waals surface area contributed by atoms with Gasteiger partial charge < -0.3 is 20.7 Å². The lowest BCUT2D eigenvalue weighted by molar-refractivity contribution is -0.149. The molecule has 0 spiro atoms. The molecule has 34 heavy (non-hydrogen) atoms. The molecule has 0 radical (unpaired) electrons. The van der Waals surface area contributed by atoms with Gasteiger partial charge in [0.15, 0.2) is 0 Å². The molecule has 1 unspecified atom stereocenters. The van der Waals surface area contributed by atoms with Gasteiger partial charge in [-0.2, -0.15) is 0 Å². The summed E-state index contributed by atoms with van der Waals surface area (Å²) in [4.78, 5) is 39.9. The van der Waals surface area contributed by atoms with Crippen molar-refractivity contribution in [2.24, 2.45) is 5.92 Å². The number of carbonyl (C=O) groups is 2. The zero-order valence-electron chi connectivity index (χ0n) is 19.6. The van der Waals surface area contributed by atoms with Crippen LogP contribution in [0.1, 0.15) is 38.8 Å². The molecule has 0 aliphatic carbocycles. The van der Waals surface area contributed by atoms with E-state index in [0.29, 0.717) is 25.4 Å². The van der Waals surface area contributed by atoms with Crippen molar-refractivity contribution >= 4 is 34.7 Å². The number of carbonyl (C=O) groups excluding carboxylic acids is 2. The molecular weight excluding hydrogens is 432 g/mol. The SMILES string of the molecule is CCCc1nc(N)nc2ccc(-c3ccc(NC(=O)N4CCCC(C(=O)OCC)C4)cc3)nc12. The van der Waals surface area contributed by atoms with Crippen molar-refractivity contribution in [1.82, 2.24) is 19.9 Å². The first-order valence-corrected chi connectivity index (χ1v) is 11.7. The summed E-state index contributed by atoms with van der Waals surface area (Å²) in [6, 6.07) is 11.1. The van der Waals surface area contributed by atoms with Crippen LogP contribution >= 0.6 is 0 Å². The number of anilines is 2. The van der Waals surface area contributed by atoms with Crippen LogP contribution in [0.5, 0.6) is 0 Å². The standard InChI is InChI=1S/C25H30N6O3/c1-3-6-20-22-21(30-24(26)29-20)13-12-19(28-22)16-8-10-18(11-9-16)27-25(33)31-14-5-7-17(15-31)23(32)34-4-2/h8-13,17H,3-7,14-15H2,1-2H3,(H,27,33)(H2,26,29,30). The number of ether oxygens (including phenoxy) is 1. The molecule has 0 saturated carbocycles. The Morgan fingerprint density at radius 3 is 2.65 bits per heavy atom. The Labute approximate surface area is 198 Å². The Bertz CT molecular complexity index is 1180. The van der Waals surface area contributed by atoms with Crippen LogP contribution in [0.25, 0.3) is 22.3 Å². The summed E-state index contributed by atoms with van der Waals surface area (Å²) in [5.41, 5.74) is 10.6. The van der Waals surface area contributed by atoms with Crippen LogP contribution in [-0.4, -0.2) is 51.5 Å². The van der Waals surface area contributed by atoms with Crippen molar-refractivity contribution in [3.8, 4) is 11.3 Å². The Morgan fingerprint density at radius 1 is 1.12 bits per heavy atom. The van der Waals surface area contributed by atoms with Gasteiger partial charge in [0.05, 0.1) is 29.4 Å². The van der Waals surface area contributed by atoms with Gasteiger partial charge in [-0.25, -0.2) is 19.7 Å². The van der Waals surface area contributed by atoms with E-state index in [2.05, 4.69) is 22.2 Å². The lowest BCUT2D eigenvalue weighted by Gasteiger charge is -2.31. The fourth-order valence-electron chi connectivity index (χ4n) is 4.21. The molecule has 4 rings (SSSR count). The molecule has 2 amide bonds. The summed E-state index contributed by atoms with van der Waals surface area (Å²) in [7, 11) is 0. The third-order valence-corrected chi connectivity index (χ3v) is 5.88. The third kappa shape index (κ3) is 5.24. The van der Waals surface area contributed by atoms with E-state index >= 15 is 0 Å². The van der Waals surface area contributed by atoms with Crippen LogP contribution in [0.3, 0.4) is 0 Å². The van der Waals surface area contributed by atoms with Crippen LogP contribution in [0.15, 0.2) is 36.4 Å². The highest BCUT2D eigenvalue weighted by molar-refractivity contribution is 5.90. The van der Waals surface area contributed by atoms with E-state index in [9.17, 15) is 9.59 Å². The van der Waals surface area contributed by atoms with E-state index in [-0.39, 0.29) is 23.9 Å². The van der Waals surface area contributed by atoms with Gasteiger partial charge in [-0.3, -0.25) is 4.79 Å². The normalized spacial score (nSPS) is 15.8. The molecule has 3 heterocycles. The number of nitrogens with one attached hydrogen (secondary N) is 1. The number of amides is 2. The molecule has 1 atom stereocenters. The van der Waals surface area contributed by atoms with E-state index in [1.807, 2.05) is 36.4 Å². The number of pyridine rings is 1. The number of nitrogens with zero attached hydrogens (tertiary/aromatic N) is 4. The highest BCUT2D eigenvalue weighted by Crippen LogP contribution is 2.25. The number of likely N-dealkylation sites (tertiary alicyclic amines) is 1. The zero-order chi connectivity index (χ0) is 24.1. The number of esters is 1. The molecule has 1 fully saturated rings. The van der Waals surface area contributed by atoms with E-state index < -0.39 is 0 Å². The fraction of sp³-hybridized carbons (Fsp3) is 0.400. The molecule has 178 valence electrons. The topological polar surface area (TPSA) is 123 Å². The van der Waals surface area contributed by atoms with Gasteiger partial charge in [0.1, 0.15) is 5.52 Å². The van der Waals surface area contributed by atoms with Crippen LogP contribution in [0, 0.1) is 5.92 Å². The van der Waals surface area contributed by atoms with Crippen LogP contribution in [-0.2, 0) is 16.0 Å². The fourth-order valence-corrected chi connectivity index (χ4v) is 4.21. The molecule has 1 aromatic carbocycles. The maximum absolute atomic E-state index is 12.7. The molecule has 1 aliphatic heterocycles. The molecule has 9 heteroatoms. The predicted molar refractivity (Wildman–Crippen MR) is 131 cm³/mol. The lowest BCUT2D eigenvalue weighted by atomic mass is 9.98. The van der Waals surface area contributed by atoms with Gasteiger partial charge in [0.2, 0.25) is 5.95 Å². The van der Waals surface area contributed by atoms with Crippen molar-refractivity contribution < 1.29 is 14.3 Å².